The Morgan fingerprint density at radius 2 is 2.05 bits per heavy atom. The molecule has 0 radical (unpaired) electrons. The van der Waals surface area contributed by atoms with Crippen LogP contribution in [0, 0.1) is 5.41 Å². The molecule has 0 bridgehead atoms. The molecule has 0 spiro atoms. The monoisotopic (exact) mass is 275 g/mol. The number of nitrogens with one attached hydrogen (secondary N) is 1. The number of hydrogen-bond donors (Lipinski definition) is 2. The Labute approximate surface area is 121 Å². The van der Waals surface area contributed by atoms with Crippen LogP contribution < -0.4 is 5.32 Å². The van der Waals surface area contributed by atoms with Gasteiger partial charge in [0.1, 0.15) is 0 Å². The van der Waals surface area contributed by atoms with Crippen LogP contribution in [0.15, 0.2) is 24.3 Å². The average Bonchev–Trinajstić information content (AvgIpc) is 2.64. The molecule has 1 aliphatic carbocycles. The molecule has 110 valence electrons. The SMILES string of the molecule is CC(C)(C)CCCC(=O)N[C@H]1c2ccccc2C[C@H]1O. The molecule has 1 aromatic carbocycles. The standard InChI is InChI=1S/C17H25NO2/c1-17(2,3)10-6-9-15(20)18-16-13-8-5-4-7-12(13)11-14(16)19/h4-5,7-8,14,16,19H,6,9-11H2,1-3H3,(H,18,20)/t14-,16+/m1/s1. The van der Waals surface area contributed by atoms with Gasteiger partial charge in [-0.1, -0.05) is 45.0 Å². The highest BCUT2D eigenvalue weighted by Gasteiger charge is 2.31. The van der Waals surface area contributed by atoms with Crippen molar-refractivity contribution in [3.63, 3.8) is 0 Å². The lowest BCUT2D eigenvalue weighted by Gasteiger charge is -2.20. The zero-order valence-corrected chi connectivity index (χ0v) is 12.6. The zero-order chi connectivity index (χ0) is 14.8. The second kappa shape index (κ2) is 5.96. The maximum Gasteiger partial charge on any atom is 0.220 e. The quantitative estimate of drug-likeness (QED) is 0.887. The summed E-state index contributed by atoms with van der Waals surface area (Å²) in [6.07, 6.45) is 2.58. The highest BCUT2D eigenvalue weighted by Crippen LogP contribution is 2.31. The molecular formula is C17H25NO2. The van der Waals surface area contributed by atoms with Crippen LogP contribution >= 0.6 is 0 Å². The van der Waals surface area contributed by atoms with E-state index in [1.54, 1.807) is 0 Å². The Hall–Kier alpha value is -1.35. The van der Waals surface area contributed by atoms with E-state index in [2.05, 4.69) is 26.1 Å². The van der Waals surface area contributed by atoms with Crippen LogP contribution in [-0.2, 0) is 11.2 Å². The van der Waals surface area contributed by atoms with Crippen molar-refractivity contribution in [2.45, 2.75) is 58.6 Å². The molecule has 0 aliphatic heterocycles. The summed E-state index contributed by atoms with van der Waals surface area (Å²) in [5.74, 6) is 0.0370. The first kappa shape index (κ1) is 15.0. The van der Waals surface area contributed by atoms with Crippen LogP contribution in [-0.4, -0.2) is 17.1 Å². The van der Waals surface area contributed by atoms with Gasteiger partial charge >= 0.3 is 0 Å². The van der Waals surface area contributed by atoms with Crippen LogP contribution in [0.3, 0.4) is 0 Å². The molecule has 0 heterocycles. The largest absolute Gasteiger partial charge is 0.390 e. The van der Waals surface area contributed by atoms with Gasteiger partial charge < -0.3 is 10.4 Å². The number of amides is 1. The van der Waals surface area contributed by atoms with Gasteiger partial charge in [0.2, 0.25) is 5.91 Å². The van der Waals surface area contributed by atoms with E-state index in [0.717, 1.165) is 24.0 Å². The van der Waals surface area contributed by atoms with Crippen molar-refractivity contribution in [3.05, 3.63) is 35.4 Å². The smallest absolute Gasteiger partial charge is 0.220 e. The van der Waals surface area contributed by atoms with Crippen molar-refractivity contribution in [2.75, 3.05) is 0 Å². The molecule has 0 saturated carbocycles. The van der Waals surface area contributed by atoms with Crippen LogP contribution in [0.25, 0.3) is 0 Å². The fraction of sp³-hybridized carbons (Fsp3) is 0.588. The summed E-state index contributed by atoms with van der Waals surface area (Å²) in [5.41, 5.74) is 2.46. The number of carbonyl (C=O) groups is 1. The molecule has 1 aromatic rings. The number of hydrogen-bond acceptors (Lipinski definition) is 2. The van der Waals surface area contributed by atoms with Crippen molar-refractivity contribution in [1.82, 2.24) is 5.32 Å². The molecule has 1 aliphatic rings. The van der Waals surface area contributed by atoms with Gasteiger partial charge in [-0.15, -0.1) is 0 Å². The number of aliphatic hydroxyl groups excluding tert-OH is 1. The van der Waals surface area contributed by atoms with E-state index in [4.69, 9.17) is 0 Å². The summed E-state index contributed by atoms with van der Waals surface area (Å²) >= 11 is 0. The van der Waals surface area contributed by atoms with Gasteiger partial charge in [-0.2, -0.15) is 0 Å². The Kier molecular flexibility index (Phi) is 4.48. The summed E-state index contributed by atoms with van der Waals surface area (Å²) in [6, 6.07) is 7.69. The molecule has 2 N–H and O–H groups in total. The number of fused-ring (bicyclic) bond motifs is 1. The lowest BCUT2D eigenvalue weighted by molar-refractivity contribution is -0.122. The molecule has 0 saturated heterocycles. The van der Waals surface area contributed by atoms with Crippen molar-refractivity contribution in [1.29, 1.82) is 0 Å². The third-order valence-corrected chi connectivity index (χ3v) is 3.85. The van der Waals surface area contributed by atoms with Crippen LogP contribution in [0.5, 0.6) is 0 Å². The highest BCUT2D eigenvalue weighted by atomic mass is 16.3. The van der Waals surface area contributed by atoms with E-state index in [1.165, 1.54) is 0 Å². The van der Waals surface area contributed by atoms with Crippen LogP contribution in [0.2, 0.25) is 0 Å². The van der Waals surface area contributed by atoms with Crippen molar-refractivity contribution >= 4 is 5.91 Å². The fourth-order valence-electron chi connectivity index (χ4n) is 2.77. The lowest BCUT2D eigenvalue weighted by Crippen LogP contribution is -2.33. The Bertz CT molecular complexity index is 476. The predicted molar refractivity (Wildman–Crippen MR) is 80.3 cm³/mol. The van der Waals surface area contributed by atoms with E-state index >= 15 is 0 Å². The summed E-state index contributed by atoms with van der Waals surface area (Å²) in [6.45, 7) is 6.55. The summed E-state index contributed by atoms with van der Waals surface area (Å²) < 4.78 is 0. The molecule has 2 atom stereocenters. The first-order valence-corrected chi connectivity index (χ1v) is 7.42. The minimum absolute atomic E-state index is 0.0370. The third-order valence-electron chi connectivity index (χ3n) is 3.85. The number of benzene rings is 1. The molecule has 0 aromatic heterocycles. The second-order valence-corrected chi connectivity index (χ2v) is 6.93. The molecule has 3 heteroatoms. The first-order valence-electron chi connectivity index (χ1n) is 7.42. The van der Waals surface area contributed by atoms with Gasteiger partial charge in [-0.3, -0.25) is 4.79 Å². The second-order valence-electron chi connectivity index (χ2n) is 6.93. The van der Waals surface area contributed by atoms with Gasteiger partial charge in [0.25, 0.3) is 0 Å². The maximum absolute atomic E-state index is 12.0. The molecule has 0 fully saturated rings. The molecule has 1 amide bonds. The van der Waals surface area contributed by atoms with Gasteiger partial charge in [0.15, 0.2) is 0 Å². The normalized spacial score (nSPS) is 21.6. The van der Waals surface area contributed by atoms with E-state index in [9.17, 15) is 9.90 Å². The summed E-state index contributed by atoms with van der Waals surface area (Å²) in [4.78, 5) is 12.0. The topological polar surface area (TPSA) is 49.3 Å². The van der Waals surface area contributed by atoms with E-state index in [1.807, 2.05) is 24.3 Å². The highest BCUT2D eigenvalue weighted by molar-refractivity contribution is 5.76. The number of rotatable bonds is 4. The van der Waals surface area contributed by atoms with Crippen molar-refractivity contribution < 1.29 is 9.90 Å². The molecular weight excluding hydrogens is 250 g/mol. The minimum atomic E-state index is -0.501. The molecule has 0 unspecified atom stereocenters. The lowest BCUT2D eigenvalue weighted by atomic mass is 9.90. The maximum atomic E-state index is 12.0. The Morgan fingerprint density at radius 3 is 2.75 bits per heavy atom. The third kappa shape index (κ3) is 3.83. The van der Waals surface area contributed by atoms with Gasteiger partial charge in [0, 0.05) is 12.8 Å². The van der Waals surface area contributed by atoms with E-state index in [0.29, 0.717) is 12.8 Å². The summed E-state index contributed by atoms with van der Waals surface area (Å²) in [5, 5.41) is 13.1. The zero-order valence-electron chi connectivity index (χ0n) is 12.6. The van der Waals surface area contributed by atoms with E-state index < -0.39 is 6.10 Å². The number of aliphatic hydroxyl groups is 1. The number of carbonyl (C=O) groups excluding carboxylic acids is 1. The van der Waals surface area contributed by atoms with Crippen molar-refractivity contribution in [2.24, 2.45) is 5.41 Å². The summed E-state index contributed by atoms with van der Waals surface area (Å²) in [7, 11) is 0. The predicted octanol–water partition coefficient (Wildman–Crippen LogP) is 2.98. The average molecular weight is 275 g/mol. The first-order chi connectivity index (χ1) is 9.37. The van der Waals surface area contributed by atoms with Gasteiger partial charge in [-0.05, 0) is 29.4 Å². The Balaban J connectivity index is 1.89. The fourth-order valence-corrected chi connectivity index (χ4v) is 2.77. The van der Waals surface area contributed by atoms with Crippen LogP contribution in [0.1, 0.15) is 57.2 Å². The molecule has 20 heavy (non-hydrogen) atoms. The Morgan fingerprint density at radius 1 is 1.35 bits per heavy atom. The van der Waals surface area contributed by atoms with E-state index in [-0.39, 0.29) is 17.4 Å². The van der Waals surface area contributed by atoms with Gasteiger partial charge in [-0.25, -0.2) is 0 Å². The van der Waals surface area contributed by atoms with Gasteiger partial charge in [0.05, 0.1) is 12.1 Å². The minimum Gasteiger partial charge on any atom is -0.390 e. The van der Waals surface area contributed by atoms with Crippen LogP contribution in [0.4, 0.5) is 0 Å². The molecule has 3 nitrogen and oxygen atoms in total. The molecule has 2 rings (SSSR count). The van der Waals surface area contributed by atoms with Crippen molar-refractivity contribution in [3.8, 4) is 0 Å².